The topological polar surface area (TPSA) is 128 Å². The zero-order chi connectivity index (χ0) is 16.4. The van der Waals surface area contributed by atoms with Gasteiger partial charge in [0.2, 0.25) is 0 Å². The van der Waals surface area contributed by atoms with Gasteiger partial charge in [0.1, 0.15) is 0 Å². The van der Waals surface area contributed by atoms with Gasteiger partial charge in [-0.15, -0.1) is 0 Å². The minimum absolute atomic E-state index is 0.0345. The third kappa shape index (κ3) is 3.03. The van der Waals surface area contributed by atoms with Crippen LogP contribution in [0.4, 0.5) is 5.69 Å². The van der Waals surface area contributed by atoms with E-state index in [2.05, 4.69) is 4.99 Å². The third-order valence-electron chi connectivity index (χ3n) is 3.52. The van der Waals surface area contributed by atoms with Crippen LogP contribution in [0, 0.1) is 5.92 Å². The Morgan fingerprint density at radius 1 is 1.36 bits per heavy atom. The van der Waals surface area contributed by atoms with E-state index >= 15 is 0 Å². The standard InChI is InChI=1S/C15H21N5O2/c1-8(2)7-20-11(6-12(21)19-15(17)18)9-4-3-5-10(16)13(9)14(20)22/h3-5,8,11H,6-7,16H2,1-2H3,(H4,17,18,19,21). The number of carbonyl (C=O) groups excluding carboxylic acids is 2. The van der Waals surface area contributed by atoms with Gasteiger partial charge in [-0.25, -0.2) is 0 Å². The van der Waals surface area contributed by atoms with Gasteiger partial charge in [0, 0.05) is 12.2 Å². The molecule has 0 spiro atoms. The molecule has 1 aromatic carbocycles. The highest BCUT2D eigenvalue weighted by Gasteiger charge is 2.39. The van der Waals surface area contributed by atoms with Gasteiger partial charge in [-0.05, 0) is 17.5 Å². The molecule has 0 fully saturated rings. The summed E-state index contributed by atoms with van der Waals surface area (Å²) < 4.78 is 0. The zero-order valence-electron chi connectivity index (χ0n) is 12.7. The fraction of sp³-hybridized carbons (Fsp3) is 0.400. The lowest BCUT2D eigenvalue weighted by Crippen LogP contribution is -2.33. The van der Waals surface area contributed by atoms with E-state index in [-0.39, 0.29) is 30.2 Å². The fourth-order valence-corrected chi connectivity index (χ4v) is 2.75. The third-order valence-corrected chi connectivity index (χ3v) is 3.52. The number of amides is 2. The molecular formula is C15H21N5O2. The van der Waals surface area contributed by atoms with Crippen molar-refractivity contribution in [3.05, 3.63) is 29.3 Å². The lowest BCUT2D eigenvalue weighted by molar-refractivity contribution is -0.118. The summed E-state index contributed by atoms with van der Waals surface area (Å²) in [7, 11) is 0. The van der Waals surface area contributed by atoms with Gasteiger partial charge in [-0.1, -0.05) is 26.0 Å². The molecule has 0 saturated carbocycles. The summed E-state index contributed by atoms with van der Waals surface area (Å²) in [6, 6.07) is 4.89. The van der Waals surface area contributed by atoms with Crippen molar-refractivity contribution in [2.45, 2.75) is 26.3 Å². The second-order valence-corrected chi connectivity index (χ2v) is 5.81. The van der Waals surface area contributed by atoms with Gasteiger partial charge in [-0.2, -0.15) is 4.99 Å². The van der Waals surface area contributed by atoms with Gasteiger partial charge >= 0.3 is 0 Å². The van der Waals surface area contributed by atoms with Crippen LogP contribution in [0.15, 0.2) is 23.2 Å². The minimum Gasteiger partial charge on any atom is -0.398 e. The monoisotopic (exact) mass is 303 g/mol. The number of anilines is 1. The van der Waals surface area contributed by atoms with Crippen molar-refractivity contribution in [2.24, 2.45) is 22.4 Å². The van der Waals surface area contributed by atoms with Crippen LogP contribution < -0.4 is 17.2 Å². The number of guanidine groups is 1. The number of nitrogens with zero attached hydrogens (tertiary/aromatic N) is 2. The molecule has 1 unspecified atom stereocenters. The summed E-state index contributed by atoms with van der Waals surface area (Å²) >= 11 is 0. The van der Waals surface area contributed by atoms with Crippen LogP contribution in [-0.4, -0.2) is 29.2 Å². The van der Waals surface area contributed by atoms with Crippen LogP contribution in [-0.2, 0) is 4.79 Å². The van der Waals surface area contributed by atoms with Crippen LogP contribution in [0.25, 0.3) is 0 Å². The predicted molar refractivity (Wildman–Crippen MR) is 84.9 cm³/mol. The van der Waals surface area contributed by atoms with Crippen LogP contribution in [0.5, 0.6) is 0 Å². The number of carbonyl (C=O) groups is 2. The largest absolute Gasteiger partial charge is 0.398 e. The van der Waals surface area contributed by atoms with E-state index in [1.54, 1.807) is 17.0 Å². The SMILES string of the molecule is CC(C)CN1C(=O)c2c(N)cccc2C1CC(=O)N=C(N)N. The van der Waals surface area contributed by atoms with Crippen molar-refractivity contribution < 1.29 is 9.59 Å². The number of hydrogen-bond acceptors (Lipinski definition) is 3. The first-order chi connectivity index (χ1) is 10.3. The van der Waals surface area contributed by atoms with E-state index < -0.39 is 5.91 Å². The maximum Gasteiger partial charge on any atom is 0.256 e. The molecule has 0 bridgehead atoms. The smallest absolute Gasteiger partial charge is 0.256 e. The second kappa shape index (κ2) is 6.05. The molecule has 7 heteroatoms. The van der Waals surface area contributed by atoms with E-state index in [0.717, 1.165) is 5.56 Å². The molecule has 1 aliphatic rings. The number of nitrogens with two attached hydrogens (primary N) is 3. The van der Waals surface area contributed by atoms with Gasteiger partial charge in [-0.3, -0.25) is 9.59 Å². The van der Waals surface area contributed by atoms with E-state index in [9.17, 15) is 9.59 Å². The first-order valence-electron chi connectivity index (χ1n) is 7.13. The molecule has 0 aromatic heterocycles. The average molecular weight is 303 g/mol. The lowest BCUT2D eigenvalue weighted by Gasteiger charge is -2.26. The Morgan fingerprint density at radius 3 is 2.64 bits per heavy atom. The van der Waals surface area contributed by atoms with E-state index in [0.29, 0.717) is 17.8 Å². The molecule has 7 nitrogen and oxygen atoms in total. The number of rotatable bonds is 4. The Kier molecular flexibility index (Phi) is 4.35. The number of fused-ring (bicyclic) bond motifs is 1. The van der Waals surface area contributed by atoms with Gasteiger partial charge in [0.25, 0.3) is 11.8 Å². The molecule has 2 amide bonds. The molecule has 118 valence electrons. The molecule has 0 aliphatic carbocycles. The van der Waals surface area contributed by atoms with Crippen molar-refractivity contribution in [3.8, 4) is 0 Å². The molecular weight excluding hydrogens is 282 g/mol. The highest BCUT2D eigenvalue weighted by Crippen LogP contribution is 2.39. The molecule has 1 atom stereocenters. The zero-order valence-corrected chi connectivity index (χ0v) is 12.7. The van der Waals surface area contributed by atoms with Crippen molar-refractivity contribution in [1.82, 2.24) is 4.90 Å². The molecule has 0 saturated heterocycles. The number of aliphatic imine (C=N–C) groups is 1. The maximum atomic E-state index is 12.6. The van der Waals surface area contributed by atoms with E-state index in [4.69, 9.17) is 17.2 Å². The summed E-state index contributed by atoms with van der Waals surface area (Å²) in [4.78, 5) is 29.8. The quantitative estimate of drug-likeness (QED) is 0.426. The highest BCUT2D eigenvalue weighted by molar-refractivity contribution is 6.04. The summed E-state index contributed by atoms with van der Waals surface area (Å²) in [6.07, 6.45) is 0.0345. The molecule has 2 rings (SSSR count). The van der Waals surface area contributed by atoms with Crippen LogP contribution in [0.2, 0.25) is 0 Å². The lowest BCUT2D eigenvalue weighted by atomic mass is 10.0. The van der Waals surface area contributed by atoms with Crippen LogP contribution in [0.1, 0.15) is 42.2 Å². The van der Waals surface area contributed by atoms with Crippen molar-refractivity contribution in [2.75, 3.05) is 12.3 Å². The number of nitrogen functional groups attached to an aromatic ring is 1. The van der Waals surface area contributed by atoms with Crippen molar-refractivity contribution in [3.63, 3.8) is 0 Å². The second-order valence-electron chi connectivity index (χ2n) is 5.81. The number of hydrogen-bond donors (Lipinski definition) is 3. The Morgan fingerprint density at radius 2 is 2.05 bits per heavy atom. The molecule has 1 aromatic rings. The van der Waals surface area contributed by atoms with Gasteiger partial charge in [0.15, 0.2) is 5.96 Å². The Labute approximate surface area is 129 Å². The first-order valence-corrected chi connectivity index (χ1v) is 7.13. The summed E-state index contributed by atoms with van der Waals surface area (Å²) in [5.74, 6) is -0.621. The summed E-state index contributed by atoms with van der Waals surface area (Å²) in [6.45, 7) is 4.55. The van der Waals surface area contributed by atoms with Gasteiger partial charge < -0.3 is 22.1 Å². The molecule has 0 radical (unpaired) electrons. The Hall–Kier alpha value is -2.57. The Bertz CT molecular complexity index is 635. The Balaban J connectivity index is 2.39. The van der Waals surface area contributed by atoms with E-state index in [1.165, 1.54) is 0 Å². The highest BCUT2D eigenvalue weighted by atomic mass is 16.2. The van der Waals surface area contributed by atoms with Crippen molar-refractivity contribution in [1.29, 1.82) is 0 Å². The van der Waals surface area contributed by atoms with Crippen LogP contribution >= 0.6 is 0 Å². The normalized spacial score (nSPS) is 16.8. The summed E-state index contributed by atoms with van der Waals surface area (Å²) in [5.41, 5.74) is 18.1. The van der Waals surface area contributed by atoms with Crippen LogP contribution in [0.3, 0.4) is 0 Å². The van der Waals surface area contributed by atoms with Gasteiger partial charge in [0.05, 0.1) is 18.0 Å². The average Bonchev–Trinajstić information content (AvgIpc) is 2.64. The maximum absolute atomic E-state index is 12.6. The number of benzene rings is 1. The fourth-order valence-electron chi connectivity index (χ4n) is 2.75. The minimum atomic E-state index is -0.457. The predicted octanol–water partition coefficient (Wildman–Crippen LogP) is 0.612. The van der Waals surface area contributed by atoms with Crippen molar-refractivity contribution >= 4 is 23.5 Å². The molecule has 22 heavy (non-hydrogen) atoms. The summed E-state index contributed by atoms with van der Waals surface area (Å²) in [5, 5.41) is 0. The molecule has 6 N–H and O–H groups in total. The molecule has 1 aliphatic heterocycles. The van der Waals surface area contributed by atoms with E-state index in [1.807, 2.05) is 19.9 Å². The first kappa shape index (κ1) is 15.8. The molecule has 1 heterocycles.